The number of hydrogen-bond acceptors (Lipinski definition) is 4. The molecular weight excluding hydrogens is 241 g/mol. The number of halogens is 3. The van der Waals surface area contributed by atoms with E-state index in [0.29, 0.717) is 0 Å². The molecule has 1 unspecified atom stereocenters. The number of hydrogen-bond donors (Lipinski definition) is 1. The van der Waals surface area contributed by atoms with Gasteiger partial charge in [-0.25, -0.2) is 4.98 Å². The van der Waals surface area contributed by atoms with E-state index < -0.39 is 24.3 Å². The van der Waals surface area contributed by atoms with Gasteiger partial charge in [-0.15, -0.1) is 0 Å². The normalized spacial score (nSPS) is 13.2. The van der Waals surface area contributed by atoms with Crippen LogP contribution >= 0.6 is 0 Å². The summed E-state index contributed by atoms with van der Waals surface area (Å²) >= 11 is 0. The van der Waals surface area contributed by atoms with E-state index in [1.165, 1.54) is 18.3 Å². The van der Waals surface area contributed by atoms with Crippen molar-refractivity contribution in [3.63, 3.8) is 0 Å². The van der Waals surface area contributed by atoms with E-state index in [1.54, 1.807) is 0 Å². The number of methoxy groups -OCH3 is 1. The highest BCUT2D eigenvalue weighted by atomic mass is 19.4. The van der Waals surface area contributed by atoms with Crippen molar-refractivity contribution in [3.05, 3.63) is 23.9 Å². The summed E-state index contributed by atoms with van der Waals surface area (Å²) in [5, 5.41) is 0. The number of aromatic nitrogens is 1. The van der Waals surface area contributed by atoms with Gasteiger partial charge in [0.15, 0.2) is 0 Å². The van der Waals surface area contributed by atoms with Gasteiger partial charge in [-0.2, -0.15) is 13.2 Å². The lowest BCUT2D eigenvalue weighted by Gasteiger charge is -2.19. The lowest BCUT2D eigenvalue weighted by atomic mass is 10.2. The Kier molecular flexibility index (Phi) is 3.89. The Bertz CT molecular complexity index is 409. The predicted molar refractivity (Wildman–Crippen MR) is 50.2 cm³/mol. The number of carbonyl (C=O) groups is 1. The van der Waals surface area contributed by atoms with E-state index in [0.717, 1.165) is 7.11 Å². The summed E-state index contributed by atoms with van der Waals surface area (Å²) in [6.07, 6.45) is -6.07. The van der Waals surface area contributed by atoms with Gasteiger partial charge in [0.05, 0.1) is 0 Å². The van der Waals surface area contributed by atoms with Crippen molar-refractivity contribution in [2.75, 3.05) is 7.11 Å². The minimum Gasteiger partial charge on any atom is -0.437 e. The quantitative estimate of drug-likeness (QED) is 0.812. The first-order valence-electron chi connectivity index (χ1n) is 4.37. The minimum atomic E-state index is -4.73. The highest BCUT2D eigenvalue weighted by molar-refractivity contribution is 5.94. The maximum Gasteiger partial charge on any atom is 0.452 e. The fourth-order valence-corrected chi connectivity index (χ4v) is 1.02. The molecule has 0 saturated carbocycles. The Labute approximate surface area is 94.3 Å². The van der Waals surface area contributed by atoms with Crippen molar-refractivity contribution in [1.29, 1.82) is 0 Å². The van der Waals surface area contributed by atoms with Gasteiger partial charge in [0, 0.05) is 13.3 Å². The van der Waals surface area contributed by atoms with E-state index in [-0.39, 0.29) is 5.56 Å². The fourth-order valence-electron chi connectivity index (χ4n) is 1.02. The van der Waals surface area contributed by atoms with Crippen LogP contribution in [0.25, 0.3) is 0 Å². The zero-order chi connectivity index (χ0) is 13.1. The average molecular weight is 250 g/mol. The predicted octanol–water partition coefficient (Wildman–Crippen LogP) is 1.09. The summed E-state index contributed by atoms with van der Waals surface area (Å²) in [6.45, 7) is 0. The topological polar surface area (TPSA) is 74.4 Å². The van der Waals surface area contributed by atoms with Crippen LogP contribution in [0, 0.1) is 0 Å². The average Bonchev–Trinajstić information content (AvgIpc) is 2.24. The van der Waals surface area contributed by atoms with Gasteiger partial charge in [0.1, 0.15) is 5.56 Å². The van der Waals surface area contributed by atoms with Crippen molar-refractivity contribution in [2.45, 2.75) is 12.5 Å². The number of rotatable bonds is 4. The number of nitrogens with zero attached hydrogens (tertiary/aromatic N) is 1. The van der Waals surface area contributed by atoms with Crippen LogP contribution in [0.2, 0.25) is 0 Å². The van der Waals surface area contributed by atoms with Crippen LogP contribution in [-0.2, 0) is 4.74 Å². The molecule has 0 radical (unpaired) electrons. The zero-order valence-electron chi connectivity index (χ0n) is 8.69. The molecule has 2 N–H and O–H groups in total. The molecule has 5 nitrogen and oxygen atoms in total. The highest BCUT2D eigenvalue weighted by Crippen LogP contribution is 2.26. The number of ether oxygens (including phenoxy) is 2. The number of pyridine rings is 1. The molecule has 0 aliphatic heterocycles. The molecule has 0 bridgehead atoms. The Balaban J connectivity index is 2.98. The monoisotopic (exact) mass is 250 g/mol. The Morgan fingerprint density at radius 1 is 1.53 bits per heavy atom. The van der Waals surface area contributed by atoms with Gasteiger partial charge in [-0.05, 0) is 12.1 Å². The number of primary amides is 1. The molecule has 1 amide bonds. The standard InChI is InChI=1S/C9H9F3N2O3/c1-16-8(9(10,11)12)17-7-5(6(13)15)3-2-4-14-7/h2-4,8H,1H3,(H2,13,15). The number of nitrogens with two attached hydrogens (primary N) is 1. The Morgan fingerprint density at radius 2 is 2.18 bits per heavy atom. The summed E-state index contributed by atoms with van der Waals surface area (Å²) in [5.41, 5.74) is 4.71. The summed E-state index contributed by atoms with van der Waals surface area (Å²) in [4.78, 5) is 14.4. The van der Waals surface area contributed by atoms with Crippen LogP contribution in [0.3, 0.4) is 0 Å². The third-order valence-corrected chi connectivity index (χ3v) is 1.74. The van der Waals surface area contributed by atoms with Gasteiger partial charge < -0.3 is 15.2 Å². The summed E-state index contributed by atoms with van der Waals surface area (Å²) in [5.74, 6) is -1.46. The molecule has 0 saturated heterocycles. The minimum absolute atomic E-state index is 0.251. The lowest BCUT2D eigenvalue weighted by Crippen LogP contribution is -2.36. The molecule has 0 fully saturated rings. The second-order valence-electron chi connectivity index (χ2n) is 2.95. The summed E-state index contributed by atoms with van der Waals surface area (Å²) in [6, 6.07) is 2.55. The number of alkyl halides is 3. The third-order valence-electron chi connectivity index (χ3n) is 1.74. The highest BCUT2D eigenvalue weighted by Gasteiger charge is 2.43. The van der Waals surface area contributed by atoms with Gasteiger partial charge in [-0.1, -0.05) is 0 Å². The van der Waals surface area contributed by atoms with Crippen LogP contribution in [0.5, 0.6) is 5.88 Å². The molecule has 0 spiro atoms. The van der Waals surface area contributed by atoms with E-state index >= 15 is 0 Å². The van der Waals surface area contributed by atoms with Gasteiger partial charge in [0.25, 0.3) is 12.2 Å². The zero-order valence-corrected chi connectivity index (χ0v) is 8.69. The second-order valence-corrected chi connectivity index (χ2v) is 2.95. The molecule has 1 aromatic heterocycles. The Hall–Kier alpha value is -1.83. The van der Waals surface area contributed by atoms with E-state index in [9.17, 15) is 18.0 Å². The molecule has 1 rings (SSSR count). The number of carbonyl (C=O) groups excluding carboxylic acids is 1. The van der Waals surface area contributed by atoms with E-state index in [2.05, 4.69) is 14.5 Å². The van der Waals surface area contributed by atoms with Gasteiger partial charge in [0.2, 0.25) is 5.88 Å². The van der Waals surface area contributed by atoms with Crippen LogP contribution in [0.4, 0.5) is 13.2 Å². The first kappa shape index (κ1) is 13.2. The van der Waals surface area contributed by atoms with Gasteiger partial charge in [-0.3, -0.25) is 4.79 Å². The van der Waals surface area contributed by atoms with Crippen molar-refractivity contribution in [2.24, 2.45) is 5.73 Å². The van der Waals surface area contributed by atoms with Crippen LogP contribution < -0.4 is 10.5 Å². The molecule has 94 valence electrons. The summed E-state index contributed by atoms with van der Waals surface area (Å²) < 4.78 is 45.6. The molecule has 8 heteroatoms. The van der Waals surface area contributed by atoms with Crippen LogP contribution in [0.1, 0.15) is 10.4 Å². The third kappa shape index (κ3) is 3.31. The Morgan fingerprint density at radius 3 is 2.65 bits per heavy atom. The van der Waals surface area contributed by atoms with Crippen molar-refractivity contribution < 1.29 is 27.4 Å². The smallest absolute Gasteiger partial charge is 0.437 e. The molecule has 17 heavy (non-hydrogen) atoms. The van der Waals surface area contributed by atoms with Crippen molar-refractivity contribution >= 4 is 5.91 Å². The molecule has 1 heterocycles. The second kappa shape index (κ2) is 5.00. The van der Waals surface area contributed by atoms with Crippen LogP contribution in [-0.4, -0.2) is 30.5 Å². The largest absolute Gasteiger partial charge is 0.452 e. The molecular formula is C9H9F3N2O3. The molecule has 0 aliphatic carbocycles. The first-order chi connectivity index (χ1) is 7.86. The molecule has 1 atom stereocenters. The lowest BCUT2D eigenvalue weighted by molar-refractivity contribution is -0.275. The summed E-state index contributed by atoms with van der Waals surface area (Å²) in [7, 11) is 0.824. The molecule has 0 aliphatic rings. The fraction of sp³-hybridized carbons (Fsp3) is 0.333. The SMILES string of the molecule is COC(Oc1ncccc1C(N)=O)C(F)(F)F. The maximum absolute atomic E-state index is 12.3. The first-order valence-corrected chi connectivity index (χ1v) is 4.37. The van der Waals surface area contributed by atoms with E-state index in [4.69, 9.17) is 5.73 Å². The van der Waals surface area contributed by atoms with Crippen molar-refractivity contribution in [1.82, 2.24) is 4.98 Å². The molecule has 1 aromatic rings. The van der Waals surface area contributed by atoms with E-state index in [1.807, 2.05) is 0 Å². The number of amides is 1. The van der Waals surface area contributed by atoms with Gasteiger partial charge >= 0.3 is 6.18 Å². The molecule has 0 aromatic carbocycles. The van der Waals surface area contributed by atoms with Crippen LogP contribution in [0.15, 0.2) is 18.3 Å². The maximum atomic E-state index is 12.3. The van der Waals surface area contributed by atoms with Crippen molar-refractivity contribution in [3.8, 4) is 5.88 Å².